The van der Waals surface area contributed by atoms with Crippen molar-refractivity contribution in [2.45, 2.75) is 16.2 Å². The number of thioether (sulfide) groups is 2. The van der Waals surface area contributed by atoms with E-state index < -0.39 is 0 Å². The Bertz CT molecular complexity index is 614. The van der Waals surface area contributed by atoms with E-state index in [-0.39, 0.29) is 5.91 Å². The zero-order chi connectivity index (χ0) is 15.8. The molecular formula is C17H19NO2S2. The molecule has 0 bridgehead atoms. The Hall–Kier alpha value is -1.59. The summed E-state index contributed by atoms with van der Waals surface area (Å²) in [7, 11) is 1.65. The molecule has 0 saturated heterocycles. The monoisotopic (exact) mass is 333 g/mol. The Balaban J connectivity index is 1.80. The molecule has 2 rings (SSSR count). The average molecular weight is 333 g/mol. The quantitative estimate of drug-likeness (QED) is 0.755. The average Bonchev–Trinajstić information content (AvgIpc) is 2.56. The maximum Gasteiger partial charge on any atom is 0.225 e. The minimum atomic E-state index is 0.0440. The highest BCUT2D eigenvalue weighted by Crippen LogP contribution is 2.25. The summed E-state index contributed by atoms with van der Waals surface area (Å²) in [5.41, 5.74) is 0.884. The molecule has 0 heterocycles. The van der Waals surface area contributed by atoms with Gasteiger partial charge in [0.2, 0.25) is 5.91 Å². The molecule has 0 aliphatic carbocycles. The van der Waals surface area contributed by atoms with Gasteiger partial charge in [0.25, 0.3) is 0 Å². The van der Waals surface area contributed by atoms with Crippen LogP contribution in [0.15, 0.2) is 58.3 Å². The zero-order valence-electron chi connectivity index (χ0n) is 12.7. The number of nitrogens with one attached hydrogen (secondary N) is 1. The van der Waals surface area contributed by atoms with Crippen LogP contribution in [0.3, 0.4) is 0 Å². The van der Waals surface area contributed by atoms with Crippen LogP contribution < -0.4 is 10.1 Å². The van der Waals surface area contributed by atoms with E-state index >= 15 is 0 Å². The van der Waals surface area contributed by atoms with Gasteiger partial charge in [-0.25, -0.2) is 0 Å². The van der Waals surface area contributed by atoms with E-state index in [4.69, 9.17) is 4.74 Å². The smallest absolute Gasteiger partial charge is 0.225 e. The number of hydrogen-bond donors (Lipinski definition) is 1. The maximum absolute atomic E-state index is 12.0. The van der Waals surface area contributed by atoms with E-state index in [0.29, 0.717) is 6.42 Å². The van der Waals surface area contributed by atoms with Gasteiger partial charge in [0, 0.05) is 22.0 Å². The van der Waals surface area contributed by atoms with Crippen molar-refractivity contribution >= 4 is 35.1 Å². The van der Waals surface area contributed by atoms with Crippen molar-refractivity contribution in [2.24, 2.45) is 0 Å². The van der Waals surface area contributed by atoms with Crippen molar-refractivity contribution in [3.63, 3.8) is 0 Å². The van der Waals surface area contributed by atoms with Crippen molar-refractivity contribution in [3.05, 3.63) is 48.5 Å². The molecule has 1 amide bonds. The van der Waals surface area contributed by atoms with Gasteiger partial charge in [0.1, 0.15) is 5.75 Å². The van der Waals surface area contributed by atoms with Gasteiger partial charge in [0.15, 0.2) is 0 Å². The number of carbonyl (C=O) groups is 1. The third kappa shape index (κ3) is 5.00. The van der Waals surface area contributed by atoms with Crippen LogP contribution in [0.4, 0.5) is 5.69 Å². The Labute approximate surface area is 139 Å². The summed E-state index contributed by atoms with van der Waals surface area (Å²) in [4.78, 5) is 14.2. The molecule has 1 N–H and O–H groups in total. The molecule has 0 spiro atoms. The third-order valence-electron chi connectivity index (χ3n) is 3.04. The van der Waals surface area contributed by atoms with Crippen LogP contribution in [0.1, 0.15) is 6.42 Å². The number of amides is 1. The van der Waals surface area contributed by atoms with Crippen LogP contribution in [0.25, 0.3) is 0 Å². The molecule has 0 fully saturated rings. The van der Waals surface area contributed by atoms with Crippen molar-refractivity contribution in [1.82, 2.24) is 0 Å². The van der Waals surface area contributed by atoms with Gasteiger partial charge in [-0.15, -0.1) is 23.5 Å². The highest BCUT2D eigenvalue weighted by Gasteiger charge is 2.06. The number of hydrogen-bond acceptors (Lipinski definition) is 4. The first-order valence-corrected chi connectivity index (χ1v) is 9.13. The Kier molecular flexibility index (Phi) is 6.68. The van der Waals surface area contributed by atoms with Gasteiger partial charge in [-0.05, 0) is 42.7 Å². The summed E-state index contributed by atoms with van der Waals surface area (Å²) in [6.45, 7) is 0. The SMILES string of the molecule is COc1ccc(SCCC(=O)Nc2ccccc2SC)cc1. The second-order valence-electron chi connectivity index (χ2n) is 4.52. The summed E-state index contributed by atoms with van der Waals surface area (Å²) < 4.78 is 5.12. The standard InChI is InChI=1S/C17H19NO2S2/c1-20-13-7-9-14(10-8-13)22-12-11-17(19)18-15-5-3-4-6-16(15)21-2/h3-10H,11-12H2,1-2H3,(H,18,19). The second-order valence-corrected chi connectivity index (χ2v) is 6.54. The maximum atomic E-state index is 12.0. The summed E-state index contributed by atoms with van der Waals surface area (Å²) in [6.07, 6.45) is 2.49. The lowest BCUT2D eigenvalue weighted by molar-refractivity contribution is -0.115. The van der Waals surface area contributed by atoms with Crippen molar-refractivity contribution in [1.29, 1.82) is 0 Å². The molecule has 0 atom stereocenters. The lowest BCUT2D eigenvalue weighted by Gasteiger charge is -2.09. The van der Waals surface area contributed by atoms with Crippen LogP contribution in [0.5, 0.6) is 5.75 Å². The second kappa shape index (κ2) is 8.76. The molecule has 0 unspecified atom stereocenters. The van der Waals surface area contributed by atoms with E-state index in [0.717, 1.165) is 27.0 Å². The van der Waals surface area contributed by atoms with Crippen molar-refractivity contribution in [3.8, 4) is 5.75 Å². The summed E-state index contributed by atoms with van der Waals surface area (Å²) in [5.74, 6) is 1.64. The fourth-order valence-corrected chi connectivity index (χ4v) is 3.30. The zero-order valence-corrected chi connectivity index (χ0v) is 14.3. The predicted octanol–water partition coefficient (Wildman–Crippen LogP) is 4.54. The Morgan fingerprint density at radius 3 is 2.55 bits per heavy atom. The molecule has 2 aromatic carbocycles. The molecule has 0 saturated carbocycles. The van der Waals surface area contributed by atoms with Gasteiger partial charge in [-0.3, -0.25) is 4.79 Å². The fourth-order valence-electron chi connectivity index (χ4n) is 1.89. The number of para-hydroxylation sites is 1. The number of benzene rings is 2. The molecular weight excluding hydrogens is 314 g/mol. The molecule has 22 heavy (non-hydrogen) atoms. The molecule has 0 aliphatic heterocycles. The number of carbonyl (C=O) groups excluding carboxylic acids is 1. The lowest BCUT2D eigenvalue weighted by atomic mass is 10.3. The summed E-state index contributed by atoms with van der Waals surface area (Å²) in [5, 5.41) is 2.97. The first-order valence-electron chi connectivity index (χ1n) is 6.92. The number of anilines is 1. The van der Waals surface area contributed by atoms with Crippen LogP contribution in [-0.2, 0) is 4.79 Å². The number of methoxy groups -OCH3 is 1. The van der Waals surface area contributed by atoms with Crippen LogP contribution in [-0.4, -0.2) is 25.0 Å². The predicted molar refractivity (Wildman–Crippen MR) is 95.2 cm³/mol. The van der Waals surface area contributed by atoms with Crippen LogP contribution in [0, 0.1) is 0 Å². The topological polar surface area (TPSA) is 38.3 Å². The lowest BCUT2D eigenvalue weighted by Crippen LogP contribution is -2.12. The van der Waals surface area contributed by atoms with Gasteiger partial charge in [-0.2, -0.15) is 0 Å². The minimum absolute atomic E-state index is 0.0440. The minimum Gasteiger partial charge on any atom is -0.497 e. The molecule has 116 valence electrons. The molecule has 0 aromatic heterocycles. The molecule has 3 nitrogen and oxygen atoms in total. The van der Waals surface area contributed by atoms with Crippen molar-refractivity contribution in [2.75, 3.05) is 24.4 Å². The van der Waals surface area contributed by atoms with E-state index in [2.05, 4.69) is 5.32 Å². The Morgan fingerprint density at radius 1 is 1.14 bits per heavy atom. The van der Waals surface area contributed by atoms with Gasteiger partial charge in [-0.1, -0.05) is 12.1 Å². The largest absolute Gasteiger partial charge is 0.497 e. The van der Waals surface area contributed by atoms with E-state index in [1.165, 1.54) is 0 Å². The number of ether oxygens (including phenoxy) is 1. The molecule has 0 radical (unpaired) electrons. The highest BCUT2D eigenvalue weighted by atomic mass is 32.2. The van der Waals surface area contributed by atoms with E-state index in [9.17, 15) is 4.79 Å². The van der Waals surface area contributed by atoms with Crippen LogP contribution >= 0.6 is 23.5 Å². The van der Waals surface area contributed by atoms with Gasteiger partial charge < -0.3 is 10.1 Å². The van der Waals surface area contributed by atoms with E-state index in [1.54, 1.807) is 30.6 Å². The summed E-state index contributed by atoms with van der Waals surface area (Å²) in [6, 6.07) is 15.7. The fraction of sp³-hybridized carbons (Fsp3) is 0.235. The normalized spacial score (nSPS) is 10.3. The van der Waals surface area contributed by atoms with Crippen molar-refractivity contribution < 1.29 is 9.53 Å². The molecule has 5 heteroatoms. The van der Waals surface area contributed by atoms with Gasteiger partial charge in [0.05, 0.1) is 12.8 Å². The van der Waals surface area contributed by atoms with Gasteiger partial charge >= 0.3 is 0 Å². The first-order chi connectivity index (χ1) is 10.7. The third-order valence-corrected chi connectivity index (χ3v) is 4.85. The van der Waals surface area contributed by atoms with E-state index in [1.807, 2.05) is 54.8 Å². The Morgan fingerprint density at radius 2 is 1.86 bits per heavy atom. The first kappa shape index (κ1) is 16.8. The van der Waals surface area contributed by atoms with Crippen LogP contribution in [0.2, 0.25) is 0 Å². The summed E-state index contributed by atoms with van der Waals surface area (Å²) >= 11 is 3.30. The molecule has 2 aromatic rings. The number of rotatable bonds is 7. The molecule has 0 aliphatic rings. The highest BCUT2D eigenvalue weighted by molar-refractivity contribution is 7.99.